The third-order valence-corrected chi connectivity index (χ3v) is 5.18. The number of hydrogen-bond donors (Lipinski definition) is 2. The van der Waals surface area contributed by atoms with Crippen molar-refractivity contribution >= 4 is 17.7 Å². The van der Waals surface area contributed by atoms with Gasteiger partial charge in [-0.25, -0.2) is 4.79 Å². The normalized spacial score (nSPS) is 14.7. The van der Waals surface area contributed by atoms with Crippen LogP contribution in [0.4, 0.5) is 10.5 Å². The average molecular weight is 412 g/mol. The summed E-state index contributed by atoms with van der Waals surface area (Å²) < 4.78 is 10.2. The van der Waals surface area contributed by atoms with Crippen molar-refractivity contribution in [3.63, 3.8) is 0 Å². The molecule has 2 amide bonds. The Hall–Kier alpha value is -3.06. The number of ether oxygens (including phenoxy) is 2. The maximum Gasteiger partial charge on any atom is 0.411 e. The molecule has 30 heavy (non-hydrogen) atoms. The van der Waals surface area contributed by atoms with Gasteiger partial charge in [0, 0.05) is 17.8 Å². The van der Waals surface area contributed by atoms with E-state index >= 15 is 0 Å². The number of nitrogens with zero attached hydrogens (tertiary/aromatic N) is 1. The van der Waals surface area contributed by atoms with Crippen molar-refractivity contribution in [2.24, 2.45) is 0 Å². The molecule has 1 unspecified atom stereocenters. The van der Waals surface area contributed by atoms with Crippen LogP contribution in [-0.4, -0.2) is 50.3 Å². The molecule has 160 valence electrons. The molecule has 1 atom stereocenters. The number of carbonyl (C=O) groups excluding carboxylic acids is 2. The van der Waals surface area contributed by atoms with Crippen LogP contribution in [0.25, 0.3) is 0 Å². The fourth-order valence-corrected chi connectivity index (χ4v) is 3.64. The minimum atomic E-state index is -0.513. The SMILES string of the molecule is CCOC(=O)Nc1ccc(C(=O)NCC(c2cccc(OC)c2)N2CCCC2)cc1. The summed E-state index contributed by atoms with van der Waals surface area (Å²) in [6.45, 7) is 4.60. The second kappa shape index (κ2) is 10.6. The van der Waals surface area contributed by atoms with Crippen LogP contribution in [0, 0.1) is 0 Å². The summed E-state index contributed by atoms with van der Waals surface area (Å²) in [5, 5.41) is 5.68. The van der Waals surface area contributed by atoms with Crippen molar-refractivity contribution in [2.75, 3.05) is 38.7 Å². The van der Waals surface area contributed by atoms with Crippen LogP contribution in [0.2, 0.25) is 0 Å². The minimum absolute atomic E-state index is 0.0938. The van der Waals surface area contributed by atoms with Crippen molar-refractivity contribution in [1.82, 2.24) is 10.2 Å². The first-order valence-corrected chi connectivity index (χ1v) is 10.3. The van der Waals surface area contributed by atoms with Crippen LogP contribution in [0.1, 0.15) is 41.7 Å². The molecule has 2 aromatic rings. The van der Waals surface area contributed by atoms with Crippen molar-refractivity contribution in [2.45, 2.75) is 25.8 Å². The molecule has 0 aliphatic carbocycles. The molecule has 0 saturated carbocycles. The molecule has 0 spiro atoms. The molecule has 1 aliphatic heterocycles. The zero-order chi connectivity index (χ0) is 21.3. The fourth-order valence-electron chi connectivity index (χ4n) is 3.64. The van der Waals surface area contributed by atoms with Gasteiger partial charge in [0.15, 0.2) is 0 Å². The fraction of sp³-hybridized carbons (Fsp3) is 0.391. The lowest BCUT2D eigenvalue weighted by Crippen LogP contribution is -2.36. The third kappa shape index (κ3) is 5.73. The van der Waals surface area contributed by atoms with E-state index in [1.54, 1.807) is 38.3 Å². The summed E-state index contributed by atoms with van der Waals surface area (Å²) in [5.41, 5.74) is 2.25. The summed E-state index contributed by atoms with van der Waals surface area (Å²) in [6, 6.07) is 14.9. The highest BCUT2D eigenvalue weighted by molar-refractivity contribution is 5.95. The molecule has 3 rings (SSSR count). The van der Waals surface area contributed by atoms with Crippen LogP contribution >= 0.6 is 0 Å². The van der Waals surface area contributed by atoms with Crippen LogP contribution in [0.5, 0.6) is 5.75 Å². The van der Waals surface area contributed by atoms with Crippen molar-refractivity contribution in [3.05, 3.63) is 59.7 Å². The van der Waals surface area contributed by atoms with Gasteiger partial charge in [-0.05, 0) is 74.8 Å². The van der Waals surface area contributed by atoms with Gasteiger partial charge in [-0.2, -0.15) is 0 Å². The van der Waals surface area contributed by atoms with E-state index in [0.29, 0.717) is 24.4 Å². The van der Waals surface area contributed by atoms with Crippen molar-refractivity contribution in [3.8, 4) is 5.75 Å². The van der Waals surface area contributed by atoms with Gasteiger partial charge in [0.1, 0.15) is 5.75 Å². The second-order valence-electron chi connectivity index (χ2n) is 7.17. The Morgan fingerprint density at radius 2 is 1.83 bits per heavy atom. The summed E-state index contributed by atoms with van der Waals surface area (Å²) in [5.74, 6) is 0.664. The van der Waals surface area contributed by atoms with E-state index in [0.717, 1.165) is 24.4 Å². The summed E-state index contributed by atoms with van der Waals surface area (Å²) in [6.07, 6.45) is 1.83. The number of hydrogen-bond acceptors (Lipinski definition) is 5. The van der Waals surface area contributed by atoms with E-state index in [-0.39, 0.29) is 11.9 Å². The smallest absolute Gasteiger partial charge is 0.411 e. The van der Waals surface area contributed by atoms with Crippen LogP contribution in [-0.2, 0) is 4.74 Å². The Balaban J connectivity index is 1.64. The standard InChI is InChI=1S/C23H29N3O4/c1-3-30-23(28)25-19-11-9-17(10-12-19)22(27)24-16-21(26-13-4-5-14-26)18-7-6-8-20(15-18)29-2/h6-12,15,21H,3-5,13-14,16H2,1-2H3,(H,24,27)(H,25,28). The molecule has 1 saturated heterocycles. The minimum Gasteiger partial charge on any atom is -0.497 e. The number of methoxy groups -OCH3 is 1. The summed E-state index contributed by atoms with van der Waals surface area (Å²) in [7, 11) is 1.66. The number of anilines is 1. The van der Waals surface area contributed by atoms with E-state index < -0.39 is 6.09 Å². The highest BCUT2D eigenvalue weighted by atomic mass is 16.5. The lowest BCUT2D eigenvalue weighted by molar-refractivity contribution is 0.0938. The van der Waals surface area contributed by atoms with Crippen molar-refractivity contribution in [1.29, 1.82) is 0 Å². The van der Waals surface area contributed by atoms with Gasteiger partial charge >= 0.3 is 6.09 Å². The molecule has 7 nitrogen and oxygen atoms in total. The number of benzene rings is 2. The van der Waals surface area contributed by atoms with E-state index in [9.17, 15) is 9.59 Å². The Morgan fingerprint density at radius 1 is 1.10 bits per heavy atom. The van der Waals surface area contributed by atoms with Gasteiger partial charge in [0.25, 0.3) is 5.91 Å². The van der Waals surface area contributed by atoms with E-state index in [2.05, 4.69) is 21.6 Å². The van der Waals surface area contributed by atoms with E-state index in [1.165, 1.54) is 12.8 Å². The number of amides is 2. The number of carbonyl (C=O) groups is 2. The van der Waals surface area contributed by atoms with Gasteiger partial charge < -0.3 is 14.8 Å². The molecular formula is C23H29N3O4. The van der Waals surface area contributed by atoms with Gasteiger partial charge in [0.2, 0.25) is 0 Å². The largest absolute Gasteiger partial charge is 0.497 e. The number of nitrogens with one attached hydrogen (secondary N) is 2. The second-order valence-corrected chi connectivity index (χ2v) is 7.17. The first-order valence-electron chi connectivity index (χ1n) is 10.3. The van der Waals surface area contributed by atoms with Crippen LogP contribution in [0.3, 0.4) is 0 Å². The molecule has 0 bridgehead atoms. The molecular weight excluding hydrogens is 382 g/mol. The highest BCUT2D eigenvalue weighted by Crippen LogP contribution is 2.27. The Bertz CT molecular complexity index is 848. The van der Waals surface area contributed by atoms with Crippen LogP contribution < -0.4 is 15.4 Å². The van der Waals surface area contributed by atoms with Gasteiger partial charge in [0.05, 0.1) is 19.8 Å². The third-order valence-electron chi connectivity index (χ3n) is 5.18. The average Bonchev–Trinajstić information content (AvgIpc) is 3.29. The first kappa shape index (κ1) is 21.6. The predicted molar refractivity (Wildman–Crippen MR) is 116 cm³/mol. The van der Waals surface area contributed by atoms with Crippen LogP contribution in [0.15, 0.2) is 48.5 Å². The van der Waals surface area contributed by atoms with Gasteiger partial charge in [-0.3, -0.25) is 15.0 Å². The molecule has 7 heteroatoms. The highest BCUT2D eigenvalue weighted by Gasteiger charge is 2.24. The molecule has 2 N–H and O–H groups in total. The van der Waals surface area contributed by atoms with Gasteiger partial charge in [-0.15, -0.1) is 0 Å². The Morgan fingerprint density at radius 3 is 2.50 bits per heavy atom. The molecule has 0 aromatic heterocycles. The summed E-state index contributed by atoms with van der Waals surface area (Å²) in [4.78, 5) is 26.6. The molecule has 1 aliphatic rings. The van der Waals surface area contributed by atoms with E-state index in [1.807, 2.05) is 18.2 Å². The predicted octanol–water partition coefficient (Wildman–Crippen LogP) is 3.83. The quantitative estimate of drug-likeness (QED) is 0.690. The maximum absolute atomic E-state index is 12.7. The number of rotatable bonds is 8. The Labute approximate surface area is 177 Å². The topological polar surface area (TPSA) is 79.9 Å². The maximum atomic E-state index is 12.7. The molecule has 2 aromatic carbocycles. The lowest BCUT2D eigenvalue weighted by Gasteiger charge is -2.28. The summed E-state index contributed by atoms with van der Waals surface area (Å²) >= 11 is 0. The number of likely N-dealkylation sites (tertiary alicyclic amines) is 1. The molecule has 0 radical (unpaired) electrons. The molecule has 1 heterocycles. The van der Waals surface area contributed by atoms with E-state index in [4.69, 9.17) is 9.47 Å². The Kier molecular flexibility index (Phi) is 7.68. The monoisotopic (exact) mass is 411 g/mol. The molecule has 1 fully saturated rings. The van der Waals surface area contributed by atoms with Gasteiger partial charge in [-0.1, -0.05) is 12.1 Å². The van der Waals surface area contributed by atoms with Crippen molar-refractivity contribution < 1.29 is 19.1 Å². The first-order chi connectivity index (χ1) is 14.6. The zero-order valence-corrected chi connectivity index (χ0v) is 17.5. The lowest BCUT2D eigenvalue weighted by atomic mass is 10.0. The zero-order valence-electron chi connectivity index (χ0n) is 17.5.